The number of rotatable bonds is 4. The lowest BCUT2D eigenvalue weighted by molar-refractivity contribution is 0.353. The fraction of sp³-hybridized carbons (Fsp3) is 0.267. The lowest BCUT2D eigenvalue weighted by atomic mass is 9.89. The highest BCUT2D eigenvalue weighted by Gasteiger charge is 2.26. The Morgan fingerprint density at radius 3 is 2.35 bits per heavy atom. The summed E-state index contributed by atoms with van der Waals surface area (Å²) in [6.45, 7) is 1.81. The monoisotopic (exact) mass is 276 g/mol. The maximum Gasteiger partial charge on any atom is 0.161 e. The number of pyridine rings is 1. The number of hydrogen-bond acceptors (Lipinski definition) is 4. The van der Waals surface area contributed by atoms with Crippen LogP contribution in [0.2, 0.25) is 0 Å². The van der Waals surface area contributed by atoms with Crippen molar-refractivity contribution >= 4 is 0 Å². The molecule has 5 heteroatoms. The van der Waals surface area contributed by atoms with Crippen molar-refractivity contribution in [1.82, 2.24) is 4.98 Å². The zero-order valence-corrected chi connectivity index (χ0v) is 11.7. The number of nitrogens with two attached hydrogens (primary N) is 1. The lowest BCUT2D eigenvalue weighted by Crippen LogP contribution is -2.35. The van der Waals surface area contributed by atoms with Gasteiger partial charge in [0, 0.05) is 0 Å². The Bertz CT molecular complexity index is 597. The highest BCUT2D eigenvalue weighted by molar-refractivity contribution is 5.46. The molecule has 0 saturated carbocycles. The highest BCUT2D eigenvalue weighted by atomic mass is 19.1. The van der Waals surface area contributed by atoms with Crippen LogP contribution in [-0.2, 0) is 5.54 Å². The van der Waals surface area contributed by atoms with E-state index in [0.29, 0.717) is 17.2 Å². The zero-order chi connectivity index (χ0) is 14.8. The molecule has 0 spiro atoms. The fourth-order valence-corrected chi connectivity index (χ4v) is 1.99. The molecule has 1 atom stereocenters. The van der Waals surface area contributed by atoms with Crippen LogP contribution in [0.3, 0.4) is 0 Å². The Balaban J connectivity index is 2.45. The van der Waals surface area contributed by atoms with E-state index in [9.17, 15) is 4.39 Å². The minimum Gasteiger partial charge on any atom is -0.493 e. The average Bonchev–Trinajstić information content (AvgIpc) is 2.46. The number of hydrogen-bond donors (Lipinski definition) is 1. The van der Waals surface area contributed by atoms with E-state index in [2.05, 4.69) is 4.98 Å². The molecule has 1 aromatic carbocycles. The van der Waals surface area contributed by atoms with Gasteiger partial charge in [-0.15, -0.1) is 0 Å². The number of benzene rings is 1. The van der Waals surface area contributed by atoms with E-state index in [1.54, 1.807) is 32.4 Å². The van der Waals surface area contributed by atoms with Gasteiger partial charge >= 0.3 is 0 Å². The Morgan fingerprint density at radius 2 is 1.80 bits per heavy atom. The van der Waals surface area contributed by atoms with Crippen molar-refractivity contribution in [2.45, 2.75) is 12.5 Å². The number of aromatic nitrogens is 1. The molecule has 1 aromatic heterocycles. The first-order chi connectivity index (χ1) is 9.48. The molecule has 0 amide bonds. The van der Waals surface area contributed by atoms with Crippen LogP contribution in [-0.4, -0.2) is 19.2 Å². The summed E-state index contributed by atoms with van der Waals surface area (Å²) in [7, 11) is 3.13. The minimum absolute atomic E-state index is 0.392. The molecule has 0 saturated heterocycles. The molecule has 4 nitrogen and oxygen atoms in total. The molecule has 0 radical (unpaired) electrons. The van der Waals surface area contributed by atoms with Gasteiger partial charge in [0.1, 0.15) is 5.82 Å². The highest BCUT2D eigenvalue weighted by Crippen LogP contribution is 2.33. The molecule has 1 unspecified atom stereocenters. The summed E-state index contributed by atoms with van der Waals surface area (Å²) in [4.78, 5) is 4.05. The second-order valence-electron chi connectivity index (χ2n) is 4.63. The smallest absolute Gasteiger partial charge is 0.161 e. The summed E-state index contributed by atoms with van der Waals surface area (Å²) >= 11 is 0. The fourth-order valence-electron chi connectivity index (χ4n) is 1.99. The predicted molar refractivity (Wildman–Crippen MR) is 74.4 cm³/mol. The Hall–Kier alpha value is -2.14. The second kappa shape index (κ2) is 5.46. The largest absolute Gasteiger partial charge is 0.493 e. The van der Waals surface area contributed by atoms with Crippen molar-refractivity contribution in [3.05, 3.63) is 53.6 Å². The summed E-state index contributed by atoms with van der Waals surface area (Å²) in [5, 5.41) is 0. The number of methoxy groups -OCH3 is 2. The van der Waals surface area contributed by atoms with Gasteiger partial charge in [0.25, 0.3) is 0 Å². The van der Waals surface area contributed by atoms with Crippen LogP contribution in [0.15, 0.2) is 36.5 Å². The third kappa shape index (κ3) is 2.58. The molecular formula is C15H17FN2O2. The first-order valence-electron chi connectivity index (χ1n) is 6.12. The van der Waals surface area contributed by atoms with E-state index in [0.717, 1.165) is 11.8 Å². The van der Waals surface area contributed by atoms with Crippen molar-refractivity contribution in [1.29, 1.82) is 0 Å². The van der Waals surface area contributed by atoms with E-state index in [1.165, 1.54) is 6.07 Å². The third-order valence-corrected chi connectivity index (χ3v) is 3.24. The maximum absolute atomic E-state index is 13.0. The average molecular weight is 276 g/mol. The van der Waals surface area contributed by atoms with Crippen molar-refractivity contribution in [2.75, 3.05) is 14.2 Å². The molecular weight excluding hydrogens is 259 g/mol. The van der Waals surface area contributed by atoms with Crippen LogP contribution in [0, 0.1) is 5.82 Å². The molecule has 2 rings (SSSR count). The maximum atomic E-state index is 13.0. The van der Waals surface area contributed by atoms with Gasteiger partial charge in [-0.25, -0.2) is 4.39 Å². The lowest BCUT2D eigenvalue weighted by Gasteiger charge is -2.25. The van der Waals surface area contributed by atoms with Crippen LogP contribution < -0.4 is 15.2 Å². The Morgan fingerprint density at radius 1 is 1.10 bits per heavy atom. The summed E-state index contributed by atoms with van der Waals surface area (Å²) in [5.41, 5.74) is 6.86. The number of nitrogens with zero attached hydrogens (tertiary/aromatic N) is 1. The van der Waals surface area contributed by atoms with Crippen molar-refractivity contribution in [2.24, 2.45) is 5.73 Å². The quantitative estimate of drug-likeness (QED) is 0.932. The molecule has 106 valence electrons. The van der Waals surface area contributed by atoms with Crippen LogP contribution in [0.5, 0.6) is 11.5 Å². The van der Waals surface area contributed by atoms with Gasteiger partial charge in [-0.3, -0.25) is 4.98 Å². The Kier molecular flexibility index (Phi) is 3.90. The van der Waals surface area contributed by atoms with Gasteiger partial charge in [-0.1, -0.05) is 6.07 Å². The SMILES string of the molecule is COc1ccc(C(C)(N)c2ccc(F)cn2)cc1OC. The Labute approximate surface area is 117 Å². The van der Waals surface area contributed by atoms with Crippen molar-refractivity contribution < 1.29 is 13.9 Å². The molecule has 2 N–H and O–H groups in total. The first kappa shape index (κ1) is 14.3. The van der Waals surface area contributed by atoms with Gasteiger partial charge in [-0.2, -0.15) is 0 Å². The number of halogens is 1. The normalized spacial score (nSPS) is 13.7. The standard InChI is InChI=1S/C15H17FN2O2/c1-15(17,14-7-5-11(16)9-18-14)10-4-6-12(19-2)13(8-10)20-3/h4-9H,17H2,1-3H3. The van der Waals surface area contributed by atoms with Crippen molar-refractivity contribution in [3.63, 3.8) is 0 Å². The molecule has 1 heterocycles. The summed E-state index contributed by atoms with van der Waals surface area (Å²) < 4.78 is 23.4. The first-order valence-corrected chi connectivity index (χ1v) is 6.12. The molecule has 0 aliphatic rings. The van der Waals surface area contributed by atoms with E-state index >= 15 is 0 Å². The summed E-state index contributed by atoms with van der Waals surface area (Å²) in [6.07, 6.45) is 1.15. The molecule has 20 heavy (non-hydrogen) atoms. The van der Waals surface area contributed by atoms with Gasteiger partial charge in [0.05, 0.1) is 31.6 Å². The number of ether oxygens (including phenoxy) is 2. The third-order valence-electron chi connectivity index (χ3n) is 3.24. The topological polar surface area (TPSA) is 57.4 Å². The van der Waals surface area contributed by atoms with Gasteiger partial charge in [-0.05, 0) is 36.8 Å². The summed E-state index contributed by atoms with van der Waals surface area (Å²) in [6, 6.07) is 8.33. The van der Waals surface area contributed by atoms with E-state index in [1.807, 2.05) is 13.0 Å². The van der Waals surface area contributed by atoms with Crippen LogP contribution >= 0.6 is 0 Å². The minimum atomic E-state index is -0.854. The second-order valence-corrected chi connectivity index (χ2v) is 4.63. The van der Waals surface area contributed by atoms with E-state index in [-0.39, 0.29) is 0 Å². The molecule has 0 bridgehead atoms. The van der Waals surface area contributed by atoms with Gasteiger partial charge in [0.2, 0.25) is 0 Å². The molecule has 0 fully saturated rings. The van der Waals surface area contributed by atoms with Crippen molar-refractivity contribution in [3.8, 4) is 11.5 Å². The van der Waals surface area contributed by atoms with Crippen LogP contribution in [0.1, 0.15) is 18.2 Å². The van der Waals surface area contributed by atoms with Crippen LogP contribution in [0.4, 0.5) is 4.39 Å². The van der Waals surface area contributed by atoms with Gasteiger partial charge < -0.3 is 15.2 Å². The van der Waals surface area contributed by atoms with E-state index in [4.69, 9.17) is 15.2 Å². The van der Waals surface area contributed by atoms with Crippen LogP contribution in [0.25, 0.3) is 0 Å². The zero-order valence-electron chi connectivity index (χ0n) is 11.7. The van der Waals surface area contributed by atoms with Gasteiger partial charge in [0.15, 0.2) is 11.5 Å². The molecule has 2 aromatic rings. The predicted octanol–water partition coefficient (Wildman–Crippen LogP) is 2.46. The summed E-state index contributed by atoms with van der Waals surface area (Å²) in [5.74, 6) is 0.819. The van der Waals surface area contributed by atoms with E-state index < -0.39 is 11.4 Å². The molecule has 0 aliphatic carbocycles. The molecule has 0 aliphatic heterocycles.